The SMILES string of the molecule is CC(C)CCCOCC(O)CNc1cccc(C(N)=O)c1. The molecule has 21 heavy (non-hydrogen) atoms. The highest BCUT2D eigenvalue weighted by atomic mass is 16.5. The molecule has 4 N–H and O–H groups in total. The van der Waals surface area contributed by atoms with Gasteiger partial charge in [0, 0.05) is 24.4 Å². The van der Waals surface area contributed by atoms with E-state index in [1.165, 1.54) is 0 Å². The van der Waals surface area contributed by atoms with E-state index in [1.807, 2.05) is 6.07 Å². The Morgan fingerprint density at radius 1 is 1.43 bits per heavy atom. The van der Waals surface area contributed by atoms with E-state index in [0.717, 1.165) is 18.5 Å². The summed E-state index contributed by atoms with van der Waals surface area (Å²) in [5, 5.41) is 12.9. The molecule has 0 aliphatic heterocycles. The number of hydrogen-bond acceptors (Lipinski definition) is 4. The van der Waals surface area contributed by atoms with Crippen LogP contribution in [0.3, 0.4) is 0 Å². The minimum atomic E-state index is -0.582. The zero-order valence-electron chi connectivity index (χ0n) is 12.8. The predicted octanol–water partition coefficient (Wildman–Crippen LogP) is 2.01. The maximum atomic E-state index is 11.1. The van der Waals surface area contributed by atoms with Gasteiger partial charge in [0.1, 0.15) is 0 Å². The minimum absolute atomic E-state index is 0.306. The average Bonchev–Trinajstić information content (AvgIpc) is 2.44. The highest BCUT2D eigenvalue weighted by molar-refractivity contribution is 5.93. The smallest absolute Gasteiger partial charge is 0.248 e. The van der Waals surface area contributed by atoms with Crippen LogP contribution >= 0.6 is 0 Å². The van der Waals surface area contributed by atoms with Crippen LogP contribution in [-0.4, -0.2) is 36.9 Å². The Kier molecular flexibility index (Phi) is 7.79. The van der Waals surface area contributed by atoms with Crippen molar-refractivity contribution >= 4 is 11.6 Å². The second-order valence-electron chi connectivity index (χ2n) is 5.59. The van der Waals surface area contributed by atoms with Gasteiger partial charge in [0.25, 0.3) is 0 Å². The molecule has 1 aromatic carbocycles. The number of nitrogens with one attached hydrogen (secondary N) is 1. The van der Waals surface area contributed by atoms with Gasteiger partial charge >= 0.3 is 0 Å². The van der Waals surface area contributed by atoms with Crippen LogP contribution in [0.2, 0.25) is 0 Å². The number of carbonyl (C=O) groups is 1. The fourth-order valence-corrected chi connectivity index (χ4v) is 1.89. The van der Waals surface area contributed by atoms with E-state index < -0.39 is 12.0 Å². The molecule has 0 aliphatic carbocycles. The Morgan fingerprint density at radius 2 is 2.19 bits per heavy atom. The van der Waals surface area contributed by atoms with E-state index in [9.17, 15) is 9.90 Å². The largest absolute Gasteiger partial charge is 0.389 e. The van der Waals surface area contributed by atoms with Gasteiger partial charge in [0.2, 0.25) is 5.91 Å². The summed E-state index contributed by atoms with van der Waals surface area (Å²) < 4.78 is 5.43. The molecule has 0 saturated carbocycles. The van der Waals surface area contributed by atoms with Crippen molar-refractivity contribution in [2.75, 3.05) is 25.1 Å². The number of hydrogen-bond donors (Lipinski definition) is 3. The zero-order chi connectivity index (χ0) is 15.7. The van der Waals surface area contributed by atoms with Crippen molar-refractivity contribution in [3.63, 3.8) is 0 Å². The number of primary amides is 1. The van der Waals surface area contributed by atoms with E-state index in [0.29, 0.717) is 31.2 Å². The van der Waals surface area contributed by atoms with Crippen LogP contribution in [0.1, 0.15) is 37.0 Å². The molecule has 1 amide bonds. The van der Waals surface area contributed by atoms with Crippen LogP contribution in [0.5, 0.6) is 0 Å². The molecule has 0 saturated heterocycles. The Morgan fingerprint density at radius 3 is 2.86 bits per heavy atom. The molecule has 1 rings (SSSR count). The van der Waals surface area contributed by atoms with Crippen molar-refractivity contribution in [3.05, 3.63) is 29.8 Å². The van der Waals surface area contributed by atoms with Gasteiger partial charge in [-0.3, -0.25) is 4.79 Å². The third-order valence-electron chi connectivity index (χ3n) is 3.07. The fourth-order valence-electron chi connectivity index (χ4n) is 1.89. The summed E-state index contributed by atoms with van der Waals surface area (Å²) in [7, 11) is 0. The summed E-state index contributed by atoms with van der Waals surface area (Å²) in [5.74, 6) is 0.213. The molecule has 1 aromatic rings. The highest BCUT2D eigenvalue weighted by Crippen LogP contribution is 2.10. The summed E-state index contributed by atoms with van der Waals surface area (Å²) in [6.45, 7) is 5.71. The van der Waals surface area contributed by atoms with Crippen molar-refractivity contribution in [1.29, 1.82) is 0 Å². The lowest BCUT2D eigenvalue weighted by Gasteiger charge is -2.14. The minimum Gasteiger partial charge on any atom is -0.389 e. The maximum absolute atomic E-state index is 11.1. The van der Waals surface area contributed by atoms with Crippen LogP contribution in [0.25, 0.3) is 0 Å². The first-order valence-corrected chi connectivity index (χ1v) is 7.38. The Labute approximate surface area is 126 Å². The normalized spacial score (nSPS) is 12.4. The molecule has 0 aliphatic rings. The summed E-state index contributed by atoms with van der Waals surface area (Å²) in [6, 6.07) is 6.89. The van der Waals surface area contributed by atoms with Crippen LogP contribution < -0.4 is 11.1 Å². The Bertz CT molecular complexity index is 435. The highest BCUT2D eigenvalue weighted by Gasteiger charge is 2.06. The predicted molar refractivity (Wildman–Crippen MR) is 84.3 cm³/mol. The monoisotopic (exact) mass is 294 g/mol. The van der Waals surface area contributed by atoms with Crippen LogP contribution in [0.4, 0.5) is 5.69 Å². The number of benzene rings is 1. The van der Waals surface area contributed by atoms with Crippen molar-refractivity contribution in [1.82, 2.24) is 0 Å². The number of ether oxygens (including phenoxy) is 1. The molecule has 5 nitrogen and oxygen atoms in total. The van der Waals surface area contributed by atoms with Gasteiger partial charge in [-0.2, -0.15) is 0 Å². The third kappa shape index (κ3) is 7.68. The molecule has 0 spiro atoms. The first-order valence-electron chi connectivity index (χ1n) is 7.38. The second-order valence-corrected chi connectivity index (χ2v) is 5.59. The third-order valence-corrected chi connectivity index (χ3v) is 3.07. The van der Waals surface area contributed by atoms with Gasteiger partial charge in [-0.15, -0.1) is 0 Å². The standard InChI is InChI=1S/C16H26N2O3/c1-12(2)5-4-8-21-11-15(19)10-18-14-7-3-6-13(9-14)16(17)20/h3,6-7,9,12,15,18-19H,4-5,8,10-11H2,1-2H3,(H2,17,20). The van der Waals surface area contributed by atoms with Crippen molar-refractivity contribution in [2.45, 2.75) is 32.8 Å². The van der Waals surface area contributed by atoms with Crippen LogP contribution in [0.15, 0.2) is 24.3 Å². The van der Waals surface area contributed by atoms with Crippen LogP contribution in [-0.2, 0) is 4.74 Å². The molecule has 0 fully saturated rings. The zero-order valence-corrected chi connectivity index (χ0v) is 12.8. The number of aliphatic hydroxyl groups excluding tert-OH is 1. The molecule has 0 aromatic heterocycles. The molecule has 5 heteroatoms. The number of anilines is 1. The average molecular weight is 294 g/mol. The maximum Gasteiger partial charge on any atom is 0.248 e. The quantitative estimate of drug-likeness (QED) is 0.576. The molecule has 0 heterocycles. The van der Waals surface area contributed by atoms with E-state index in [4.69, 9.17) is 10.5 Å². The molecule has 118 valence electrons. The second kappa shape index (κ2) is 9.37. The Hall–Kier alpha value is -1.59. The molecule has 1 unspecified atom stereocenters. The number of nitrogens with two attached hydrogens (primary N) is 1. The van der Waals surface area contributed by atoms with Crippen molar-refractivity contribution in [2.24, 2.45) is 11.7 Å². The van der Waals surface area contributed by atoms with Gasteiger partial charge < -0.3 is 20.9 Å². The molecule has 0 radical (unpaired) electrons. The molecule has 0 bridgehead atoms. The van der Waals surface area contributed by atoms with Gasteiger partial charge in [-0.1, -0.05) is 19.9 Å². The van der Waals surface area contributed by atoms with Crippen LogP contribution in [0, 0.1) is 5.92 Å². The summed E-state index contributed by atoms with van der Waals surface area (Å²) in [4.78, 5) is 11.1. The number of rotatable bonds is 10. The number of aliphatic hydroxyl groups is 1. The van der Waals surface area contributed by atoms with Crippen molar-refractivity contribution in [3.8, 4) is 0 Å². The molecular weight excluding hydrogens is 268 g/mol. The van der Waals surface area contributed by atoms with Gasteiger partial charge in [0.05, 0.1) is 12.7 Å². The summed E-state index contributed by atoms with van der Waals surface area (Å²) >= 11 is 0. The molecular formula is C16H26N2O3. The number of amides is 1. The fraction of sp³-hybridized carbons (Fsp3) is 0.562. The first kappa shape index (κ1) is 17.5. The van der Waals surface area contributed by atoms with Crippen molar-refractivity contribution < 1.29 is 14.6 Å². The van der Waals surface area contributed by atoms with E-state index in [-0.39, 0.29) is 0 Å². The van der Waals surface area contributed by atoms with Gasteiger partial charge in [-0.25, -0.2) is 0 Å². The molecule has 1 atom stereocenters. The lowest BCUT2D eigenvalue weighted by Crippen LogP contribution is -2.25. The van der Waals surface area contributed by atoms with E-state index in [2.05, 4.69) is 19.2 Å². The lowest BCUT2D eigenvalue weighted by molar-refractivity contribution is 0.0409. The first-order chi connectivity index (χ1) is 9.99. The number of carbonyl (C=O) groups excluding carboxylic acids is 1. The van der Waals surface area contributed by atoms with Gasteiger partial charge in [0.15, 0.2) is 0 Å². The van der Waals surface area contributed by atoms with E-state index in [1.54, 1.807) is 18.2 Å². The topological polar surface area (TPSA) is 84.6 Å². The Balaban J connectivity index is 2.22. The van der Waals surface area contributed by atoms with E-state index >= 15 is 0 Å². The summed E-state index contributed by atoms with van der Waals surface area (Å²) in [6.07, 6.45) is 1.56. The lowest BCUT2D eigenvalue weighted by atomic mass is 10.1. The summed E-state index contributed by atoms with van der Waals surface area (Å²) in [5.41, 5.74) is 6.42. The van der Waals surface area contributed by atoms with Gasteiger partial charge in [-0.05, 0) is 37.0 Å².